The van der Waals surface area contributed by atoms with Crippen LogP contribution in [0.15, 0.2) is 54.9 Å². The van der Waals surface area contributed by atoms with Crippen LogP contribution in [0.4, 0.5) is 4.39 Å². The SMILES string of the molecule is Cc1cn(COCC[Si](C)(C)C)nc1-c1cccnc1CO[C@@H]1CC=C(c2cccc(F)c2)CC1. The Morgan fingerprint density at radius 1 is 1.17 bits per heavy atom. The third kappa shape index (κ3) is 7.19. The first-order chi connectivity index (χ1) is 16.8. The molecule has 3 aromatic rings. The van der Waals surface area contributed by atoms with Crippen LogP contribution in [-0.4, -0.2) is 35.5 Å². The lowest BCUT2D eigenvalue weighted by Crippen LogP contribution is -2.22. The fourth-order valence-corrected chi connectivity index (χ4v) is 5.02. The van der Waals surface area contributed by atoms with Gasteiger partial charge in [0.2, 0.25) is 0 Å². The van der Waals surface area contributed by atoms with Crippen molar-refractivity contribution in [2.45, 2.75) is 71.3 Å². The highest BCUT2D eigenvalue weighted by Crippen LogP contribution is 2.30. The number of nitrogens with zero attached hydrogens (tertiary/aromatic N) is 3. The molecule has 7 heteroatoms. The van der Waals surface area contributed by atoms with E-state index < -0.39 is 8.07 Å². The molecular formula is C28H36FN3O2Si. The van der Waals surface area contributed by atoms with E-state index >= 15 is 0 Å². The summed E-state index contributed by atoms with van der Waals surface area (Å²) in [6, 6.07) is 12.0. The molecule has 5 nitrogen and oxygen atoms in total. The molecule has 0 amide bonds. The Morgan fingerprint density at radius 2 is 2.03 bits per heavy atom. The number of hydrogen-bond acceptors (Lipinski definition) is 4. The molecule has 1 aromatic carbocycles. The maximum Gasteiger partial charge on any atom is 0.139 e. The van der Waals surface area contributed by atoms with Crippen molar-refractivity contribution in [1.82, 2.24) is 14.8 Å². The Balaban J connectivity index is 1.36. The number of pyridine rings is 1. The lowest BCUT2D eigenvalue weighted by molar-refractivity contribution is 0.0344. The highest BCUT2D eigenvalue weighted by molar-refractivity contribution is 6.76. The number of benzene rings is 1. The maximum atomic E-state index is 13.6. The molecule has 0 saturated heterocycles. The van der Waals surface area contributed by atoms with Gasteiger partial charge in [-0.2, -0.15) is 5.10 Å². The van der Waals surface area contributed by atoms with E-state index in [9.17, 15) is 4.39 Å². The van der Waals surface area contributed by atoms with Gasteiger partial charge in [-0.3, -0.25) is 4.98 Å². The first-order valence-electron chi connectivity index (χ1n) is 12.4. The van der Waals surface area contributed by atoms with Gasteiger partial charge in [0.25, 0.3) is 0 Å². The predicted octanol–water partition coefficient (Wildman–Crippen LogP) is 6.86. The summed E-state index contributed by atoms with van der Waals surface area (Å²) in [6.45, 7) is 10.8. The van der Waals surface area contributed by atoms with E-state index in [4.69, 9.17) is 14.6 Å². The van der Waals surface area contributed by atoms with E-state index in [0.717, 1.165) is 60.0 Å². The van der Waals surface area contributed by atoms with Gasteiger partial charge in [0.05, 0.1) is 24.1 Å². The van der Waals surface area contributed by atoms with E-state index in [-0.39, 0.29) is 11.9 Å². The van der Waals surface area contributed by atoms with Crippen molar-refractivity contribution in [3.63, 3.8) is 0 Å². The minimum Gasteiger partial charge on any atom is -0.372 e. The third-order valence-electron chi connectivity index (χ3n) is 6.32. The van der Waals surface area contributed by atoms with Crippen molar-refractivity contribution in [1.29, 1.82) is 0 Å². The van der Waals surface area contributed by atoms with Crippen LogP contribution in [-0.2, 0) is 22.8 Å². The second-order valence-corrected chi connectivity index (χ2v) is 16.1. The molecule has 1 aliphatic carbocycles. The molecule has 0 radical (unpaired) electrons. The Kier molecular flexibility index (Phi) is 8.31. The van der Waals surface area contributed by atoms with E-state index in [1.54, 1.807) is 18.3 Å². The van der Waals surface area contributed by atoms with Gasteiger partial charge in [-0.25, -0.2) is 9.07 Å². The summed E-state index contributed by atoms with van der Waals surface area (Å²) in [5.41, 5.74) is 6.05. The van der Waals surface area contributed by atoms with Gasteiger partial charge in [-0.1, -0.05) is 37.8 Å². The zero-order valence-electron chi connectivity index (χ0n) is 21.3. The number of rotatable bonds is 10. The summed E-state index contributed by atoms with van der Waals surface area (Å²) < 4.78 is 27.6. The topological polar surface area (TPSA) is 49.2 Å². The molecule has 0 bridgehead atoms. The Morgan fingerprint density at radius 3 is 2.77 bits per heavy atom. The largest absolute Gasteiger partial charge is 0.372 e. The van der Waals surface area contributed by atoms with Crippen LogP contribution < -0.4 is 0 Å². The minimum atomic E-state index is -1.10. The molecule has 0 saturated carbocycles. The predicted molar refractivity (Wildman–Crippen MR) is 141 cm³/mol. The summed E-state index contributed by atoms with van der Waals surface area (Å²) >= 11 is 0. The molecule has 0 spiro atoms. The van der Waals surface area contributed by atoms with Crippen LogP contribution in [0, 0.1) is 12.7 Å². The molecule has 2 aromatic heterocycles. The third-order valence-corrected chi connectivity index (χ3v) is 8.03. The molecular weight excluding hydrogens is 457 g/mol. The number of aromatic nitrogens is 3. The highest BCUT2D eigenvalue weighted by atomic mass is 28.3. The van der Waals surface area contributed by atoms with Gasteiger partial charge in [-0.15, -0.1) is 0 Å². The van der Waals surface area contributed by atoms with E-state index in [0.29, 0.717) is 13.3 Å². The van der Waals surface area contributed by atoms with Crippen molar-refractivity contribution in [3.8, 4) is 11.3 Å². The Bertz CT molecular complexity index is 1170. The Labute approximate surface area is 209 Å². The highest BCUT2D eigenvalue weighted by Gasteiger charge is 2.19. The van der Waals surface area contributed by atoms with Crippen molar-refractivity contribution >= 4 is 13.6 Å². The van der Waals surface area contributed by atoms with Crippen LogP contribution in [0.5, 0.6) is 0 Å². The number of ether oxygens (including phenoxy) is 2. The first kappa shape index (κ1) is 25.5. The molecule has 2 heterocycles. The minimum absolute atomic E-state index is 0.126. The number of hydrogen-bond donors (Lipinski definition) is 0. The second kappa shape index (κ2) is 11.4. The summed E-state index contributed by atoms with van der Waals surface area (Å²) in [7, 11) is -1.10. The van der Waals surface area contributed by atoms with E-state index in [1.165, 1.54) is 11.6 Å². The van der Waals surface area contributed by atoms with Gasteiger partial charge in [0.15, 0.2) is 0 Å². The van der Waals surface area contributed by atoms with E-state index in [2.05, 4.69) is 43.7 Å². The van der Waals surface area contributed by atoms with Crippen LogP contribution >= 0.6 is 0 Å². The Hall–Kier alpha value is -2.61. The van der Waals surface area contributed by atoms with Gasteiger partial charge in [0.1, 0.15) is 12.5 Å². The van der Waals surface area contributed by atoms with E-state index in [1.807, 2.05) is 23.0 Å². The van der Waals surface area contributed by atoms with Crippen LogP contribution in [0.2, 0.25) is 25.7 Å². The molecule has 186 valence electrons. The van der Waals surface area contributed by atoms with Gasteiger partial charge < -0.3 is 9.47 Å². The molecule has 0 unspecified atom stereocenters. The fourth-order valence-electron chi connectivity index (χ4n) is 4.27. The summed E-state index contributed by atoms with van der Waals surface area (Å²) in [5.74, 6) is -0.194. The second-order valence-electron chi connectivity index (χ2n) is 10.5. The number of aryl methyl sites for hydroxylation is 1. The number of allylic oxidation sites excluding steroid dienone is 1. The van der Waals surface area contributed by atoms with Crippen molar-refractivity contribution < 1.29 is 13.9 Å². The standard InChI is InChI=1S/C28H36FN3O2Si/c1-21-18-32(20-33-15-16-35(2,3)4)31-28(21)26-9-6-14-30-27(26)19-34-25-12-10-22(11-13-25)23-7-5-8-24(29)17-23/h5-10,14,17-18,25H,11-13,15-16,19-20H2,1-4H3/t25-/m1/s1. The quantitative estimate of drug-likeness (QED) is 0.229. The molecule has 0 fully saturated rings. The average Bonchev–Trinajstić information content (AvgIpc) is 3.20. The summed E-state index contributed by atoms with van der Waals surface area (Å²) in [4.78, 5) is 4.61. The van der Waals surface area contributed by atoms with Crippen LogP contribution in [0.1, 0.15) is 36.1 Å². The smallest absolute Gasteiger partial charge is 0.139 e. The molecule has 35 heavy (non-hydrogen) atoms. The molecule has 1 aliphatic rings. The van der Waals surface area contributed by atoms with Crippen LogP contribution in [0.25, 0.3) is 16.8 Å². The lowest BCUT2D eigenvalue weighted by atomic mass is 9.92. The zero-order chi connectivity index (χ0) is 24.8. The van der Waals surface area contributed by atoms with Crippen molar-refractivity contribution in [3.05, 3.63) is 77.5 Å². The fraction of sp³-hybridized carbons (Fsp3) is 0.429. The molecule has 4 rings (SSSR count). The maximum absolute atomic E-state index is 13.6. The van der Waals surface area contributed by atoms with Gasteiger partial charge in [-0.05, 0) is 73.2 Å². The van der Waals surface area contributed by atoms with Crippen LogP contribution in [0.3, 0.4) is 0 Å². The number of halogens is 1. The monoisotopic (exact) mass is 493 g/mol. The first-order valence-corrected chi connectivity index (χ1v) is 16.1. The van der Waals surface area contributed by atoms with Crippen molar-refractivity contribution in [2.75, 3.05) is 6.61 Å². The van der Waals surface area contributed by atoms with Crippen molar-refractivity contribution in [2.24, 2.45) is 0 Å². The average molecular weight is 494 g/mol. The molecule has 0 aliphatic heterocycles. The zero-order valence-corrected chi connectivity index (χ0v) is 22.3. The van der Waals surface area contributed by atoms with Gasteiger partial charge in [0, 0.05) is 32.6 Å². The molecule has 0 N–H and O–H groups in total. The summed E-state index contributed by atoms with van der Waals surface area (Å²) in [5, 5.41) is 4.79. The lowest BCUT2D eigenvalue weighted by Gasteiger charge is -2.23. The molecule has 1 atom stereocenters. The van der Waals surface area contributed by atoms with Gasteiger partial charge >= 0.3 is 0 Å². The summed E-state index contributed by atoms with van der Waals surface area (Å²) in [6.07, 6.45) is 8.74. The normalized spacial score (nSPS) is 16.4.